The van der Waals surface area contributed by atoms with E-state index in [-0.39, 0.29) is 46.7 Å². The molecule has 20 heteroatoms. The first-order valence-electron chi connectivity index (χ1n) is 32.7. The van der Waals surface area contributed by atoms with Gasteiger partial charge in [-0.25, -0.2) is 19.9 Å². The molecule has 12 rings (SSSR count). The Morgan fingerprint density at radius 3 is 0.690 bits per heavy atom. The molecule has 4 heterocycles. The van der Waals surface area contributed by atoms with Gasteiger partial charge in [-0.05, 0) is 250 Å². The van der Waals surface area contributed by atoms with Crippen molar-refractivity contribution >= 4 is 23.1 Å². The molecular weight excluding hydrogens is 1270 g/mol. The molecule has 0 radical (unpaired) electrons. The molecule has 20 nitrogen and oxygen atoms in total. The standard InChI is InChI=1S/4C20H19NO4/c1-3-23-16-9-5-14(6-10-16)18-13-25-20(21-18)19(22)15-7-11-17(12-8-15)24-4-2;3*1-3-23-16-9-5-14(6-10-16)18-13-21-20(25-18)19(22)15-7-11-17(12-8-15)24-4-2/h4*5-13H,3-4H2,1-2H3. The van der Waals surface area contributed by atoms with Gasteiger partial charge in [0.1, 0.15) is 58.0 Å². The summed E-state index contributed by atoms with van der Waals surface area (Å²) in [6.07, 6.45) is 6.14. The Hall–Kier alpha value is -12.3. The summed E-state index contributed by atoms with van der Waals surface area (Å²) in [5, 5.41) is 0. The third-order valence-corrected chi connectivity index (χ3v) is 14.3. The van der Waals surface area contributed by atoms with E-state index >= 15 is 0 Å². The Balaban J connectivity index is 0.000000156. The molecule has 512 valence electrons. The summed E-state index contributed by atoms with van der Waals surface area (Å²) in [7, 11) is 0. The second-order valence-corrected chi connectivity index (χ2v) is 21.1. The van der Waals surface area contributed by atoms with Crippen LogP contribution in [0.2, 0.25) is 0 Å². The number of hydrogen-bond acceptors (Lipinski definition) is 20. The number of ether oxygens (including phenoxy) is 8. The zero-order chi connectivity index (χ0) is 70.6. The highest BCUT2D eigenvalue weighted by Gasteiger charge is 2.21. The second-order valence-electron chi connectivity index (χ2n) is 21.1. The molecule has 12 aromatic rings. The van der Waals surface area contributed by atoms with Gasteiger partial charge < -0.3 is 55.6 Å². The van der Waals surface area contributed by atoms with Crippen LogP contribution in [0.4, 0.5) is 0 Å². The summed E-state index contributed by atoms with van der Waals surface area (Å²) in [4.78, 5) is 66.6. The van der Waals surface area contributed by atoms with E-state index in [0.29, 0.717) is 98.1 Å². The van der Waals surface area contributed by atoms with E-state index in [9.17, 15) is 19.2 Å². The van der Waals surface area contributed by atoms with Crippen LogP contribution in [-0.4, -0.2) is 95.9 Å². The molecule has 0 N–H and O–H groups in total. The first kappa shape index (κ1) is 72.0. The third kappa shape index (κ3) is 19.9. The van der Waals surface area contributed by atoms with Gasteiger partial charge in [0.2, 0.25) is 23.1 Å². The number of aromatic nitrogens is 4. The zero-order valence-electron chi connectivity index (χ0n) is 56.8. The van der Waals surface area contributed by atoms with Gasteiger partial charge in [-0.15, -0.1) is 0 Å². The highest BCUT2D eigenvalue weighted by Crippen LogP contribution is 2.30. The van der Waals surface area contributed by atoms with Gasteiger partial charge in [-0.1, -0.05) is 0 Å². The number of hydrogen-bond donors (Lipinski definition) is 0. The lowest BCUT2D eigenvalue weighted by atomic mass is 10.1. The minimum absolute atomic E-state index is 0.0630. The lowest BCUT2D eigenvalue weighted by Crippen LogP contribution is -2.02. The van der Waals surface area contributed by atoms with E-state index in [4.69, 9.17) is 55.6 Å². The maximum Gasteiger partial charge on any atom is 0.268 e. The smallest absolute Gasteiger partial charge is 0.268 e. The predicted octanol–water partition coefficient (Wildman–Crippen LogP) is 17.5. The van der Waals surface area contributed by atoms with Crippen LogP contribution in [0.15, 0.2) is 237 Å². The molecule has 0 atom stereocenters. The Labute approximate surface area is 579 Å². The second kappa shape index (κ2) is 36.7. The van der Waals surface area contributed by atoms with Gasteiger partial charge in [0.05, 0.1) is 71.4 Å². The Morgan fingerprint density at radius 2 is 0.470 bits per heavy atom. The first-order valence-corrected chi connectivity index (χ1v) is 32.7. The predicted molar refractivity (Wildman–Crippen MR) is 377 cm³/mol. The van der Waals surface area contributed by atoms with Crippen LogP contribution in [0.3, 0.4) is 0 Å². The summed E-state index contributed by atoms with van der Waals surface area (Å²) in [6.45, 7) is 20.2. The van der Waals surface area contributed by atoms with Crippen LogP contribution in [0.25, 0.3) is 45.2 Å². The fraction of sp³-hybridized carbons (Fsp3) is 0.200. The Morgan fingerprint density at radius 1 is 0.270 bits per heavy atom. The van der Waals surface area contributed by atoms with Gasteiger partial charge in [0.15, 0.2) is 17.3 Å². The number of carbonyl (C=O) groups is 4. The SMILES string of the molecule is CCOc1ccc(C(=O)c2nc(-c3ccc(OCC)cc3)co2)cc1.CCOc1ccc(C(=O)c2ncc(-c3ccc(OCC)cc3)o2)cc1.CCOc1ccc(C(=O)c2ncc(-c3ccc(OCC)cc3)o2)cc1.CCOc1ccc(C(=O)c2ncc(-c3ccc(OCC)cc3)o2)cc1. The largest absolute Gasteiger partial charge is 0.494 e. The van der Waals surface area contributed by atoms with Gasteiger partial charge in [0.25, 0.3) is 23.6 Å². The fourth-order valence-corrected chi connectivity index (χ4v) is 9.55. The maximum absolute atomic E-state index is 12.5. The first-order chi connectivity index (χ1) is 48.8. The normalized spacial score (nSPS) is 10.5. The zero-order valence-corrected chi connectivity index (χ0v) is 56.8. The van der Waals surface area contributed by atoms with Crippen molar-refractivity contribution < 1.29 is 74.7 Å². The van der Waals surface area contributed by atoms with E-state index in [0.717, 1.165) is 68.2 Å². The lowest BCUT2D eigenvalue weighted by molar-refractivity contribution is 0.0996. The number of carbonyl (C=O) groups excluding carboxylic acids is 4. The fourth-order valence-electron chi connectivity index (χ4n) is 9.55. The van der Waals surface area contributed by atoms with Crippen molar-refractivity contribution in [3.8, 4) is 91.2 Å². The number of oxazole rings is 4. The molecule has 8 aromatic carbocycles. The van der Waals surface area contributed by atoms with Crippen molar-refractivity contribution in [1.29, 1.82) is 0 Å². The van der Waals surface area contributed by atoms with Gasteiger partial charge in [-0.2, -0.15) is 0 Å². The molecule has 0 spiro atoms. The van der Waals surface area contributed by atoms with Gasteiger partial charge >= 0.3 is 0 Å². The average molecular weight is 1350 g/mol. The van der Waals surface area contributed by atoms with Crippen molar-refractivity contribution in [2.75, 3.05) is 52.9 Å². The van der Waals surface area contributed by atoms with Crippen LogP contribution in [-0.2, 0) is 0 Å². The third-order valence-electron chi connectivity index (χ3n) is 14.3. The molecule has 0 saturated heterocycles. The number of rotatable bonds is 28. The molecule has 0 fully saturated rings. The quantitative estimate of drug-likeness (QED) is 0.0413. The number of ketones is 4. The minimum Gasteiger partial charge on any atom is -0.494 e. The molecular formula is C80H76N4O16. The summed E-state index contributed by atoms with van der Waals surface area (Å²) >= 11 is 0. The van der Waals surface area contributed by atoms with Crippen LogP contribution < -0.4 is 37.9 Å². The summed E-state index contributed by atoms with van der Waals surface area (Å²) < 4.78 is 65.4. The molecule has 0 aliphatic heterocycles. The van der Waals surface area contributed by atoms with Crippen LogP contribution in [0.1, 0.15) is 120 Å². The lowest BCUT2D eigenvalue weighted by Gasteiger charge is -2.03. The molecule has 0 bridgehead atoms. The van der Waals surface area contributed by atoms with Crippen LogP contribution in [0, 0.1) is 0 Å². The van der Waals surface area contributed by atoms with Crippen molar-refractivity contribution in [2.24, 2.45) is 0 Å². The van der Waals surface area contributed by atoms with E-state index in [1.165, 1.54) is 6.26 Å². The van der Waals surface area contributed by atoms with Crippen molar-refractivity contribution in [2.45, 2.75) is 55.4 Å². The highest BCUT2D eigenvalue weighted by atomic mass is 16.5. The summed E-state index contributed by atoms with van der Waals surface area (Å²) in [6, 6.07) is 57.5. The van der Waals surface area contributed by atoms with Crippen LogP contribution in [0.5, 0.6) is 46.0 Å². The summed E-state index contributed by atoms with van der Waals surface area (Å²) in [5.74, 6) is 6.87. The van der Waals surface area contributed by atoms with Crippen LogP contribution >= 0.6 is 0 Å². The summed E-state index contributed by atoms with van der Waals surface area (Å²) in [5.41, 5.74) is 5.99. The monoisotopic (exact) mass is 1350 g/mol. The molecule has 100 heavy (non-hydrogen) atoms. The molecule has 0 aliphatic carbocycles. The van der Waals surface area contributed by atoms with E-state index in [1.807, 2.05) is 152 Å². The Bertz CT molecular complexity index is 3920. The topological polar surface area (TPSA) is 246 Å². The van der Waals surface area contributed by atoms with E-state index < -0.39 is 0 Å². The minimum atomic E-state index is -0.264. The van der Waals surface area contributed by atoms with Crippen molar-refractivity contribution in [1.82, 2.24) is 19.9 Å². The van der Waals surface area contributed by atoms with Gasteiger partial charge in [0, 0.05) is 44.5 Å². The van der Waals surface area contributed by atoms with E-state index in [1.54, 1.807) is 116 Å². The molecule has 4 aromatic heterocycles. The molecule has 0 amide bonds. The number of benzene rings is 8. The highest BCUT2D eigenvalue weighted by molar-refractivity contribution is 6.08. The van der Waals surface area contributed by atoms with E-state index in [2.05, 4.69) is 19.9 Å². The average Bonchev–Trinajstić information content (AvgIpc) is 1.70. The molecule has 0 aliphatic rings. The Kier molecular flexibility index (Phi) is 26.4. The van der Waals surface area contributed by atoms with Gasteiger partial charge in [-0.3, -0.25) is 19.2 Å². The van der Waals surface area contributed by atoms with Crippen molar-refractivity contribution in [3.63, 3.8) is 0 Å². The van der Waals surface area contributed by atoms with Crippen molar-refractivity contribution in [3.05, 3.63) is 265 Å². The maximum atomic E-state index is 12.5. The number of nitrogens with zero attached hydrogens (tertiary/aromatic N) is 4. The molecule has 0 unspecified atom stereocenters. The molecule has 0 saturated carbocycles.